The van der Waals surface area contributed by atoms with Gasteiger partial charge in [0, 0.05) is 11.1 Å². The Balaban J connectivity index is 1.62. The Kier molecular flexibility index (Phi) is 5.36. The second-order valence-corrected chi connectivity index (χ2v) is 10.4. The monoisotopic (exact) mass is 460 g/mol. The molecule has 0 saturated carbocycles. The van der Waals surface area contributed by atoms with Gasteiger partial charge in [0.25, 0.3) is 0 Å². The van der Waals surface area contributed by atoms with E-state index in [4.69, 9.17) is 0 Å². The van der Waals surface area contributed by atoms with E-state index in [1.54, 1.807) is 0 Å². The van der Waals surface area contributed by atoms with E-state index in [0.717, 1.165) is 11.1 Å². The zero-order valence-electron chi connectivity index (χ0n) is 21.0. The summed E-state index contributed by atoms with van der Waals surface area (Å²) in [6.07, 6.45) is 0. The van der Waals surface area contributed by atoms with Gasteiger partial charge >= 0.3 is 0 Å². The number of hydrogen-bond acceptors (Lipinski definition) is 0. The van der Waals surface area contributed by atoms with Crippen molar-refractivity contribution in [1.29, 1.82) is 0 Å². The lowest BCUT2D eigenvalue weighted by Gasteiger charge is -2.20. The van der Waals surface area contributed by atoms with Gasteiger partial charge < -0.3 is 0 Å². The fourth-order valence-corrected chi connectivity index (χ4v) is 5.18. The van der Waals surface area contributed by atoms with Crippen molar-refractivity contribution in [2.45, 2.75) is 26.2 Å². The van der Waals surface area contributed by atoms with Gasteiger partial charge in [-0.25, -0.2) is 0 Å². The fraction of sp³-hybridized carbons (Fsp3) is 0.111. The minimum Gasteiger partial charge on any atom is -0.0616 e. The molecule has 0 aromatic heterocycles. The molecule has 6 rings (SSSR count). The molecule has 0 bridgehead atoms. The largest absolute Gasteiger partial charge is 0.0616 e. The summed E-state index contributed by atoms with van der Waals surface area (Å²) in [5, 5.41) is 7.27. The first-order valence-corrected chi connectivity index (χ1v) is 12.5. The molecule has 0 heteroatoms. The van der Waals surface area contributed by atoms with Crippen LogP contribution in [0.4, 0.5) is 0 Å². The van der Waals surface area contributed by atoms with E-state index in [1.807, 2.05) is 0 Å². The van der Waals surface area contributed by atoms with E-state index in [1.165, 1.54) is 49.0 Å². The van der Waals surface area contributed by atoms with Crippen LogP contribution in [0.15, 0.2) is 115 Å². The van der Waals surface area contributed by atoms with Gasteiger partial charge in [-0.3, -0.25) is 0 Å². The lowest BCUT2D eigenvalue weighted by atomic mass is 9.84. The quantitative estimate of drug-likeness (QED) is 0.169. The molecule has 0 aliphatic carbocycles. The molecule has 0 aliphatic rings. The van der Waals surface area contributed by atoms with Gasteiger partial charge in [0.05, 0.1) is 0 Å². The molecular weight excluding hydrogens is 432 g/mol. The molecule has 0 saturated heterocycles. The molecule has 0 fully saturated rings. The summed E-state index contributed by atoms with van der Waals surface area (Å²) in [5.74, 6) is 7.12. The van der Waals surface area contributed by atoms with Gasteiger partial charge in [-0.05, 0) is 60.5 Å². The van der Waals surface area contributed by atoms with Crippen LogP contribution >= 0.6 is 0 Å². The normalized spacial score (nSPS) is 11.5. The average molecular weight is 461 g/mol. The van der Waals surface area contributed by atoms with Crippen molar-refractivity contribution in [3.8, 4) is 23.0 Å². The first kappa shape index (κ1) is 22.1. The maximum atomic E-state index is 3.60. The third-order valence-electron chi connectivity index (χ3n) is 7.08. The Morgan fingerprint density at radius 1 is 0.472 bits per heavy atom. The van der Waals surface area contributed by atoms with Crippen molar-refractivity contribution in [3.05, 3.63) is 132 Å². The molecule has 0 N–H and O–H groups in total. The maximum absolute atomic E-state index is 3.60. The maximum Gasteiger partial charge on any atom is 0.0406 e. The lowest BCUT2D eigenvalue weighted by molar-refractivity contribution is 0.590. The highest BCUT2D eigenvalue weighted by atomic mass is 14.2. The van der Waals surface area contributed by atoms with Gasteiger partial charge in [-0.1, -0.05) is 142 Å². The third kappa shape index (κ3) is 3.84. The van der Waals surface area contributed by atoms with Crippen LogP contribution in [0.3, 0.4) is 0 Å². The fourth-order valence-electron chi connectivity index (χ4n) is 5.18. The molecule has 0 heterocycles. The van der Waals surface area contributed by atoms with Crippen molar-refractivity contribution < 1.29 is 0 Å². The van der Waals surface area contributed by atoms with Crippen LogP contribution in [0.25, 0.3) is 43.4 Å². The van der Waals surface area contributed by atoms with E-state index < -0.39 is 0 Å². The predicted molar refractivity (Wildman–Crippen MR) is 156 cm³/mol. The summed E-state index contributed by atoms with van der Waals surface area (Å²) in [7, 11) is 0. The van der Waals surface area contributed by atoms with E-state index in [-0.39, 0.29) is 5.41 Å². The van der Waals surface area contributed by atoms with Crippen LogP contribution in [0.2, 0.25) is 0 Å². The van der Waals surface area contributed by atoms with Crippen molar-refractivity contribution >= 4 is 32.3 Å². The molecule has 0 atom stereocenters. The SMILES string of the molecule is CC(C)(C)c1ccc(-c2c3ccccc3c(C#Cc3cccc4ccccc34)c3ccccc23)cc1. The van der Waals surface area contributed by atoms with Crippen LogP contribution in [0.1, 0.15) is 37.5 Å². The number of rotatable bonds is 1. The van der Waals surface area contributed by atoms with Gasteiger partial charge in [-0.2, -0.15) is 0 Å². The van der Waals surface area contributed by atoms with Crippen LogP contribution in [0.5, 0.6) is 0 Å². The Hall–Kier alpha value is -4.34. The first-order chi connectivity index (χ1) is 17.5. The molecule has 0 radical (unpaired) electrons. The molecule has 0 spiro atoms. The summed E-state index contributed by atoms with van der Waals surface area (Å²) in [4.78, 5) is 0. The predicted octanol–water partition coefficient (Wildman–Crippen LogP) is 9.51. The van der Waals surface area contributed by atoms with Crippen molar-refractivity contribution in [2.24, 2.45) is 0 Å². The van der Waals surface area contributed by atoms with E-state index >= 15 is 0 Å². The van der Waals surface area contributed by atoms with Crippen molar-refractivity contribution in [3.63, 3.8) is 0 Å². The van der Waals surface area contributed by atoms with Crippen LogP contribution < -0.4 is 0 Å². The zero-order valence-corrected chi connectivity index (χ0v) is 21.0. The Labute approximate surface area is 213 Å². The number of benzene rings is 6. The minimum absolute atomic E-state index is 0.129. The lowest BCUT2D eigenvalue weighted by Crippen LogP contribution is -2.10. The highest BCUT2D eigenvalue weighted by Crippen LogP contribution is 2.39. The summed E-state index contributed by atoms with van der Waals surface area (Å²) in [6.45, 7) is 6.78. The molecule has 36 heavy (non-hydrogen) atoms. The molecule has 172 valence electrons. The molecule has 6 aromatic carbocycles. The summed E-state index contributed by atoms with van der Waals surface area (Å²) in [6, 6.07) is 41.3. The van der Waals surface area contributed by atoms with E-state index in [9.17, 15) is 0 Å². The topological polar surface area (TPSA) is 0 Å². The molecular formula is C36H28. The summed E-state index contributed by atoms with van der Waals surface area (Å²) in [5.41, 5.74) is 6.13. The smallest absolute Gasteiger partial charge is 0.0406 e. The summed E-state index contributed by atoms with van der Waals surface area (Å²) < 4.78 is 0. The molecule has 0 aliphatic heterocycles. The van der Waals surface area contributed by atoms with Gasteiger partial charge in [0.15, 0.2) is 0 Å². The standard InChI is InChI=1S/C36H28/c1-36(2,3)28-22-19-27(20-23-28)35-33-17-8-6-15-30(33)32(31-16-7-9-18-34(31)35)24-21-26-13-10-12-25-11-4-5-14-29(25)26/h4-20,22-23H,1-3H3. The number of hydrogen-bond donors (Lipinski definition) is 0. The van der Waals surface area contributed by atoms with E-state index in [0.29, 0.717) is 0 Å². The van der Waals surface area contributed by atoms with E-state index in [2.05, 4.69) is 148 Å². The Morgan fingerprint density at radius 2 is 1.00 bits per heavy atom. The van der Waals surface area contributed by atoms with Crippen molar-refractivity contribution in [2.75, 3.05) is 0 Å². The van der Waals surface area contributed by atoms with Crippen LogP contribution in [-0.4, -0.2) is 0 Å². The van der Waals surface area contributed by atoms with Gasteiger partial charge in [-0.15, -0.1) is 0 Å². The second kappa shape index (κ2) is 8.71. The Bertz CT molecular complexity index is 1740. The average Bonchev–Trinajstić information content (AvgIpc) is 2.90. The first-order valence-electron chi connectivity index (χ1n) is 12.5. The summed E-state index contributed by atoms with van der Waals surface area (Å²) >= 11 is 0. The Morgan fingerprint density at radius 3 is 1.61 bits per heavy atom. The molecule has 0 nitrogen and oxygen atoms in total. The van der Waals surface area contributed by atoms with Crippen molar-refractivity contribution in [1.82, 2.24) is 0 Å². The minimum atomic E-state index is 0.129. The molecule has 0 unspecified atom stereocenters. The second-order valence-electron chi connectivity index (χ2n) is 10.4. The number of fused-ring (bicyclic) bond motifs is 3. The molecule has 0 amide bonds. The van der Waals surface area contributed by atoms with Gasteiger partial charge in [0.1, 0.15) is 0 Å². The van der Waals surface area contributed by atoms with Gasteiger partial charge in [0.2, 0.25) is 0 Å². The highest BCUT2D eigenvalue weighted by molar-refractivity contribution is 6.16. The third-order valence-corrected chi connectivity index (χ3v) is 7.08. The van der Waals surface area contributed by atoms with Crippen LogP contribution in [-0.2, 0) is 5.41 Å². The van der Waals surface area contributed by atoms with Crippen LogP contribution in [0, 0.1) is 11.8 Å². The highest BCUT2D eigenvalue weighted by Gasteiger charge is 2.16. The zero-order chi connectivity index (χ0) is 24.7. The molecule has 6 aromatic rings.